The Bertz CT molecular complexity index is 391. The first-order valence-electron chi connectivity index (χ1n) is 6.83. The number of hydrogen-bond donors (Lipinski definition) is 1. The number of hydrogen-bond acceptors (Lipinski definition) is 2. The standard InChI is InChI=1S/C16H26FNO/c1-7-18-14(15(19-6)16(3,4)5)12-8-11(2)9-13(17)10-12/h8-10,14-15,18H,7H2,1-6H3. The smallest absolute Gasteiger partial charge is 0.123 e. The van der Waals surface area contributed by atoms with Gasteiger partial charge in [-0.2, -0.15) is 0 Å². The fourth-order valence-electron chi connectivity index (χ4n) is 2.55. The Hall–Kier alpha value is -0.930. The molecular formula is C16H26FNO. The lowest BCUT2D eigenvalue weighted by Gasteiger charge is -2.36. The molecule has 0 aromatic heterocycles. The fraction of sp³-hybridized carbons (Fsp3) is 0.625. The molecular weight excluding hydrogens is 241 g/mol. The predicted molar refractivity (Wildman–Crippen MR) is 77.8 cm³/mol. The van der Waals surface area contributed by atoms with Gasteiger partial charge in [-0.1, -0.05) is 33.8 Å². The molecule has 0 spiro atoms. The van der Waals surface area contributed by atoms with Crippen LogP contribution in [0.25, 0.3) is 0 Å². The number of rotatable bonds is 5. The Kier molecular flexibility index (Phi) is 5.50. The highest BCUT2D eigenvalue weighted by molar-refractivity contribution is 5.27. The van der Waals surface area contributed by atoms with Gasteiger partial charge in [0.1, 0.15) is 5.82 Å². The van der Waals surface area contributed by atoms with E-state index >= 15 is 0 Å². The molecule has 0 saturated heterocycles. The summed E-state index contributed by atoms with van der Waals surface area (Å²) in [5.74, 6) is -0.193. The van der Waals surface area contributed by atoms with Gasteiger partial charge in [0.2, 0.25) is 0 Å². The van der Waals surface area contributed by atoms with Crippen molar-refractivity contribution in [3.8, 4) is 0 Å². The molecule has 1 aromatic carbocycles. The summed E-state index contributed by atoms with van der Waals surface area (Å²) in [4.78, 5) is 0. The molecule has 0 bridgehead atoms. The van der Waals surface area contributed by atoms with Crippen LogP contribution >= 0.6 is 0 Å². The fourth-order valence-corrected chi connectivity index (χ4v) is 2.55. The Morgan fingerprint density at radius 3 is 2.32 bits per heavy atom. The molecule has 108 valence electrons. The third kappa shape index (κ3) is 4.29. The van der Waals surface area contributed by atoms with Crippen molar-refractivity contribution in [3.05, 3.63) is 35.1 Å². The lowest BCUT2D eigenvalue weighted by Crippen LogP contribution is -2.41. The highest BCUT2D eigenvalue weighted by atomic mass is 19.1. The Morgan fingerprint density at radius 2 is 1.89 bits per heavy atom. The lowest BCUT2D eigenvalue weighted by molar-refractivity contribution is -0.0116. The minimum atomic E-state index is -0.193. The van der Waals surface area contributed by atoms with Gasteiger partial charge >= 0.3 is 0 Å². The van der Waals surface area contributed by atoms with Gasteiger partial charge < -0.3 is 10.1 Å². The third-order valence-electron chi connectivity index (χ3n) is 3.26. The van der Waals surface area contributed by atoms with Crippen LogP contribution in [0.15, 0.2) is 18.2 Å². The average Bonchev–Trinajstić information content (AvgIpc) is 2.25. The van der Waals surface area contributed by atoms with Crippen LogP contribution in [0.2, 0.25) is 0 Å². The number of ether oxygens (including phenoxy) is 1. The van der Waals surface area contributed by atoms with Gasteiger partial charge in [0.05, 0.1) is 12.1 Å². The molecule has 0 aliphatic heterocycles. The zero-order valence-electron chi connectivity index (χ0n) is 12.9. The minimum absolute atomic E-state index is 0.00981. The number of methoxy groups -OCH3 is 1. The zero-order chi connectivity index (χ0) is 14.6. The maximum absolute atomic E-state index is 13.6. The summed E-state index contributed by atoms with van der Waals surface area (Å²) in [6, 6.07) is 5.15. The molecule has 19 heavy (non-hydrogen) atoms. The predicted octanol–water partition coefficient (Wildman–Crippen LogP) is 3.85. The summed E-state index contributed by atoms with van der Waals surface area (Å²) < 4.78 is 19.3. The van der Waals surface area contributed by atoms with Crippen molar-refractivity contribution in [2.75, 3.05) is 13.7 Å². The van der Waals surface area contributed by atoms with Crippen LogP contribution in [0.3, 0.4) is 0 Å². The summed E-state index contributed by atoms with van der Waals surface area (Å²) in [6.07, 6.45) is -0.0198. The molecule has 1 N–H and O–H groups in total. The van der Waals surface area contributed by atoms with Crippen molar-refractivity contribution < 1.29 is 9.13 Å². The molecule has 0 saturated carbocycles. The quantitative estimate of drug-likeness (QED) is 0.875. The van der Waals surface area contributed by atoms with Crippen molar-refractivity contribution in [1.82, 2.24) is 5.32 Å². The zero-order valence-corrected chi connectivity index (χ0v) is 12.9. The second-order valence-electron chi connectivity index (χ2n) is 6.12. The highest BCUT2D eigenvalue weighted by Crippen LogP contribution is 2.33. The molecule has 0 amide bonds. The van der Waals surface area contributed by atoms with Crippen molar-refractivity contribution in [3.63, 3.8) is 0 Å². The monoisotopic (exact) mass is 267 g/mol. The van der Waals surface area contributed by atoms with Crippen LogP contribution in [-0.4, -0.2) is 19.8 Å². The lowest BCUT2D eigenvalue weighted by atomic mass is 9.81. The second kappa shape index (κ2) is 6.49. The average molecular weight is 267 g/mol. The van der Waals surface area contributed by atoms with Crippen LogP contribution in [0, 0.1) is 18.2 Å². The van der Waals surface area contributed by atoms with E-state index in [9.17, 15) is 4.39 Å². The van der Waals surface area contributed by atoms with Crippen LogP contribution < -0.4 is 5.32 Å². The molecule has 0 fully saturated rings. The summed E-state index contributed by atoms with van der Waals surface area (Å²) in [5.41, 5.74) is 1.85. The van der Waals surface area contributed by atoms with E-state index in [0.717, 1.165) is 17.7 Å². The summed E-state index contributed by atoms with van der Waals surface area (Å²) in [5, 5.41) is 3.42. The van der Waals surface area contributed by atoms with E-state index in [1.807, 2.05) is 13.0 Å². The van der Waals surface area contributed by atoms with Crippen LogP contribution in [0.1, 0.15) is 44.9 Å². The molecule has 1 aromatic rings. The molecule has 2 atom stereocenters. The molecule has 0 aliphatic rings. The van der Waals surface area contributed by atoms with E-state index in [-0.39, 0.29) is 23.4 Å². The topological polar surface area (TPSA) is 21.3 Å². The van der Waals surface area contributed by atoms with Gasteiger partial charge in [-0.05, 0) is 42.1 Å². The Morgan fingerprint density at radius 1 is 1.26 bits per heavy atom. The number of halogens is 1. The molecule has 0 aliphatic carbocycles. The SMILES string of the molecule is CCNC(c1cc(C)cc(F)c1)C(OC)C(C)(C)C. The normalized spacial score (nSPS) is 15.3. The third-order valence-corrected chi connectivity index (χ3v) is 3.26. The van der Waals surface area contributed by atoms with Crippen molar-refractivity contribution in [2.24, 2.45) is 5.41 Å². The largest absolute Gasteiger partial charge is 0.379 e. The molecule has 0 heterocycles. The number of benzene rings is 1. The number of nitrogens with one attached hydrogen (secondary N) is 1. The van der Waals surface area contributed by atoms with Gasteiger partial charge in [0.15, 0.2) is 0 Å². The van der Waals surface area contributed by atoms with Gasteiger partial charge in [0.25, 0.3) is 0 Å². The number of likely N-dealkylation sites (N-methyl/N-ethyl adjacent to an activating group) is 1. The molecule has 2 nitrogen and oxygen atoms in total. The van der Waals surface area contributed by atoms with E-state index in [0.29, 0.717) is 0 Å². The first-order valence-corrected chi connectivity index (χ1v) is 6.83. The van der Waals surface area contributed by atoms with Gasteiger partial charge in [-0.25, -0.2) is 4.39 Å². The second-order valence-corrected chi connectivity index (χ2v) is 6.12. The van der Waals surface area contributed by atoms with Crippen molar-refractivity contribution >= 4 is 0 Å². The maximum atomic E-state index is 13.6. The van der Waals surface area contributed by atoms with Crippen LogP contribution in [-0.2, 0) is 4.74 Å². The molecule has 2 unspecified atom stereocenters. The van der Waals surface area contributed by atoms with Gasteiger partial charge in [-0.3, -0.25) is 0 Å². The molecule has 1 rings (SSSR count). The van der Waals surface area contributed by atoms with E-state index < -0.39 is 0 Å². The van der Waals surface area contributed by atoms with E-state index in [1.54, 1.807) is 19.2 Å². The van der Waals surface area contributed by atoms with E-state index in [4.69, 9.17) is 4.74 Å². The maximum Gasteiger partial charge on any atom is 0.123 e. The molecule has 0 radical (unpaired) electrons. The van der Waals surface area contributed by atoms with Gasteiger partial charge in [-0.15, -0.1) is 0 Å². The first kappa shape index (κ1) is 16.1. The highest BCUT2D eigenvalue weighted by Gasteiger charge is 2.33. The number of aryl methyl sites for hydroxylation is 1. The first-order chi connectivity index (χ1) is 8.79. The molecule has 3 heteroatoms. The summed E-state index contributed by atoms with van der Waals surface area (Å²) in [7, 11) is 1.71. The van der Waals surface area contributed by atoms with Gasteiger partial charge in [0, 0.05) is 7.11 Å². The van der Waals surface area contributed by atoms with Crippen LogP contribution in [0.4, 0.5) is 4.39 Å². The van der Waals surface area contributed by atoms with E-state index in [2.05, 4.69) is 33.0 Å². The van der Waals surface area contributed by atoms with E-state index in [1.165, 1.54) is 0 Å². The minimum Gasteiger partial charge on any atom is -0.379 e. The Labute approximate surface area is 116 Å². The Balaban J connectivity index is 3.18. The van der Waals surface area contributed by atoms with Crippen molar-refractivity contribution in [1.29, 1.82) is 0 Å². The summed E-state index contributed by atoms with van der Waals surface area (Å²) in [6.45, 7) is 11.2. The van der Waals surface area contributed by atoms with Crippen LogP contribution in [0.5, 0.6) is 0 Å². The van der Waals surface area contributed by atoms with Crippen molar-refractivity contribution in [2.45, 2.75) is 46.8 Å². The summed E-state index contributed by atoms with van der Waals surface area (Å²) >= 11 is 0.